The zero-order valence-electron chi connectivity index (χ0n) is 8.87. The van der Waals surface area contributed by atoms with Gasteiger partial charge in [0.25, 0.3) is 0 Å². The Morgan fingerprint density at radius 3 is 2.38 bits per heavy atom. The molecule has 0 fully saturated rings. The summed E-state index contributed by atoms with van der Waals surface area (Å²) < 4.78 is 0. The number of rotatable bonds is 5. The van der Waals surface area contributed by atoms with E-state index >= 15 is 0 Å². The molecule has 0 radical (unpaired) electrons. The first-order chi connectivity index (χ1) is 7.69. The molecular formula is C12H15NO2S. The Morgan fingerprint density at radius 1 is 1.25 bits per heavy atom. The smallest absolute Gasteiger partial charge is 0.105 e. The fraction of sp³-hybridized carbons (Fsp3) is 0.417. The average Bonchev–Trinajstić information content (AvgIpc) is 2.30. The summed E-state index contributed by atoms with van der Waals surface area (Å²) in [4.78, 5) is 0. The predicted octanol–water partition coefficient (Wildman–Crippen LogP) is 1.47. The van der Waals surface area contributed by atoms with E-state index < -0.39 is 12.2 Å². The molecule has 2 N–H and O–H groups in total. The maximum Gasteiger partial charge on any atom is 0.105 e. The lowest BCUT2D eigenvalue weighted by atomic mass is 10.0. The van der Waals surface area contributed by atoms with Crippen LogP contribution < -0.4 is 0 Å². The molecule has 1 aromatic rings. The summed E-state index contributed by atoms with van der Waals surface area (Å²) in [5.41, 5.74) is 1.57. The van der Waals surface area contributed by atoms with Crippen molar-refractivity contribution in [3.63, 3.8) is 0 Å². The van der Waals surface area contributed by atoms with E-state index in [1.54, 1.807) is 24.3 Å². The SMILES string of the molecule is N#CCc1ccc(C(O)C(O)CCS)cc1. The zero-order chi connectivity index (χ0) is 12.0. The lowest BCUT2D eigenvalue weighted by molar-refractivity contribution is 0.0172. The van der Waals surface area contributed by atoms with Gasteiger partial charge in [-0.2, -0.15) is 17.9 Å². The highest BCUT2D eigenvalue weighted by Gasteiger charge is 2.17. The maximum atomic E-state index is 9.79. The van der Waals surface area contributed by atoms with Crippen LogP contribution in [0.25, 0.3) is 0 Å². The van der Waals surface area contributed by atoms with Crippen LogP contribution in [0.4, 0.5) is 0 Å². The monoisotopic (exact) mass is 237 g/mol. The van der Waals surface area contributed by atoms with Gasteiger partial charge in [0.05, 0.1) is 18.6 Å². The van der Waals surface area contributed by atoms with Crippen LogP contribution in [0.15, 0.2) is 24.3 Å². The molecule has 0 aliphatic carbocycles. The summed E-state index contributed by atoms with van der Waals surface area (Å²) in [6.45, 7) is 0. The van der Waals surface area contributed by atoms with Crippen molar-refractivity contribution < 1.29 is 10.2 Å². The van der Waals surface area contributed by atoms with Crippen molar-refractivity contribution >= 4 is 12.6 Å². The molecule has 0 bridgehead atoms. The number of aliphatic hydroxyl groups is 2. The summed E-state index contributed by atoms with van der Waals surface area (Å²) in [6, 6.07) is 9.10. The summed E-state index contributed by atoms with van der Waals surface area (Å²) in [6.07, 6.45) is -0.873. The predicted molar refractivity (Wildman–Crippen MR) is 65.2 cm³/mol. The summed E-state index contributed by atoms with van der Waals surface area (Å²) >= 11 is 4.00. The Morgan fingerprint density at radius 2 is 1.88 bits per heavy atom. The van der Waals surface area contributed by atoms with Gasteiger partial charge in [0, 0.05) is 0 Å². The van der Waals surface area contributed by atoms with Crippen LogP contribution in [-0.4, -0.2) is 22.1 Å². The quantitative estimate of drug-likeness (QED) is 0.679. The largest absolute Gasteiger partial charge is 0.390 e. The van der Waals surface area contributed by atoms with Crippen LogP contribution in [0.5, 0.6) is 0 Å². The first-order valence-electron chi connectivity index (χ1n) is 5.11. The minimum atomic E-state index is -0.886. The van der Waals surface area contributed by atoms with Crippen molar-refractivity contribution in [1.29, 1.82) is 5.26 Å². The molecule has 3 nitrogen and oxygen atoms in total. The highest BCUT2D eigenvalue weighted by Crippen LogP contribution is 2.19. The van der Waals surface area contributed by atoms with Crippen LogP contribution in [0.3, 0.4) is 0 Å². The number of hydrogen-bond acceptors (Lipinski definition) is 4. The van der Waals surface area contributed by atoms with Crippen molar-refractivity contribution in [3.05, 3.63) is 35.4 Å². The highest BCUT2D eigenvalue weighted by atomic mass is 32.1. The van der Waals surface area contributed by atoms with E-state index in [2.05, 4.69) is 18.7 Å². The maximum absolute atomic E-state index is 9.79. The lowest BCUT2D eigenvalue weighted by Crippen LogP contribution is -2.18. The molecule has 2 atom stereocenters. The van der Waals surface area contributed by atoms with Gasteiger partial charge in [0.2, 0.25) is 0 Å². The molecule has 2 unspecified atom stereocenters. The summed E-state index contributed by atoms with van der Waals surface area (Å²) in [5, 5.41) is 27.9. The molecule has 0 spiro atoms. The van der Waals surface area contributed by atoms with Gasteiger partial charge in [0.15, 0.2) is 0 Å². The second kappa shape index (κ2) is 6.54. The van der Waals surface area contributed by atoms with Gasteiger partial charge in [-0.1, -0.05) is 24.3 Å². The Balaban J connectivity index is 2.70. The molecule has 1 rings (SSSR count). The van der Waals surface area contributed by atoms with E-state index in [-0.39, 0.29) is 0 Å². The molecule has 86 valence electrons. The standard InChI is InChI=1S/C12H15NO2S/c13-7-5-9-1-3-10(4-2-9)12(15)11(14)6-8-16/h1-4,11-12,14-16H,5-6,8H2. The van der Waals surface area contributed by atoms with Gasteiger partial charge >= 0.3 is 0 Å². The zero-order valence-corrected chi connectivity index (χ0v) is 9.77. The minimum Gasteiger partial charge on any atom is -0.390 e. The number of aliphatic hydroxyl groups excluding tert-OH is 2. The second-order valence-electron chi connectivity index (χ2n) is 3.60. The number of hydrogen-bond donors (Lipinski definition) is 3. The fourth-order valence-corrected chi connectivity index (χ4v) is 1.70. The van der Waals surface area contributed by atoms with Crippen molar-refractivity contribution in [3.8, 4) is 6.07 Å². The van der Waals surface area contributed by atoms with Gasteiger partial charge in [-0.25, -0.2) is 0 Å². The molecule has 0 aromatic heterocycles. The van der Waals surface area contributed by atoms with E-state index in [9.17, 15) is 10.2 Å². The van der Waals surface area contributed by atoms with Gasteiger partial charge in [0.1, 0.15) is 6.10 Å². The molecular weight excluding hydrogens is 222 g/mol. The van der Waals surface area contributed by atoms with E-state index in [1.807, 2.05) is 0 Å². The second-order valence-corrected chi connectivity index (χ2v) is 4.05. The first-order valence-corrected chi connectivity index (χ1v) is 5.75. The van der Waals surface area contributed by atoms with Crippen LogP contribution >= 0.6 is 12.6 Å². The van der Waals surface area contributed by atoms with Crippen LogP contribution in [0.2, 0.25) is 0 Å². The average molecular weight is 237 g/mol. The van der Waals surface area contributed by atoms with E-state index in [1.165, 1.54) is 0 Å². The van der Waals surface area contributed by atoms with Gasteiger partial charge < -0.3 is 10.2 Å². The summed E-state index contributed by atoms with van der Waals surface area (Å²) in [5.74, 6) is 0.532. The van der Waals surface area contributed by atoms with E-state index in [0.717, 1.165) is 5.56 Å². The Labute approximate surface area is 101 Å². The van der Waals surface area contributed by atoms with Crippen molar-refractivity contribution in [2.24, 2.45) is 0 Å². The third-order valence-corrected chi connectivity index (χ3v) is 2.65. The molecule has 0 amide bonds. The number of benzene rings is 1. The van der Waals surface area contributed by atoms with Crippen molar-refractivity contribution in [1.82, 2.24) is 0 Å². The Hall–Kier alpha value is -1.02. The first kappa shape index (κ1) is 13.0. The summed E-state index contributed by atoms with van der Waals surface area (Å²) in [7, 11) is 0. The number of nitriles is 1. The molecule has 0 saturated carbocycles. The molecule has 0 heterocycles. The van der Waals surface area contributed by atoms with Gasteiger partial charge in [-0.15, -0.1) is 0 Å². The third kappa shape index (κ3) is 3.53. The normalized spacial score (nSPS) is 14.1. The van der Waals surface area contributed by atoms with Crippen LogP contribution in [0.1, 0.15) is 23.7 Å². The highest BCUT2D eigenvalue weighted by molar-refractivity contribution is 7.80. The van der Waals surface area contributed by atoms with Gasteiger partial charge in [-0.05, 0) is 23.3 Å². The van der Waals surface area contributed by atoms with Gasteiger partial charge in [-0.3, -0.25) is 0 Å². The fourth-order valence-electron chi connectivity index (χ4n) is 1.44. The molecule has 4 heteroatoms. The Bertz CT molecular complexity index is 358. The molecule has 0 aliphatic rings. The molecule has 0 saturated heterocycles. The number of nitrogens with zero attached hydrogens (tertiary/aromatic N) is 1. The van der Waals surface area contributed by atoms with Crippen LogP contribution in [0, 0.1) is 11.3 Å². The molecule has 16 heavy (non-hydrogen) atoms. The minimum absolute atomic E-state index is 0.357. The number of thiol groups is 1. The lowest BCUT2D eigenvalue weighted by Gasteiger charge is -2.17. The third-order valence-electron chi connectivity index (χ3n) is 2.39. The molecule has 0 aliphatic heterocycles. The van der Waals surface area contributed by atoms with E-state index in [0.29, 0.717) is 24.2 Å². The van der Waals surface area contributed by atoms with Crippen molar-refractivity contribution in [2.45, 2.75) is 25.0 Å². The molecule has 1 aromatic carbocycles. The van der Waals surface area contributed by atoms with Crippen LogP contribution in [-0.2, 0) is 6.42 Å². The topological polar surface area (TPSA) is 64.2 Å². The Kier molecular flexibility index (Phi) is 5.33. The van der Waals surface area contributed by atoms with E-state index in [4.69, 9.17) is 5.26 Å². The van der Waals surface area contributed by atoms with Crippen molar-refractivity contribution in [2.75, 3.05) is 5.75 Å².